The van der Waals surface area contributed by atoms with Crippen molar-refractivity contribution in [1.82, 2.24) is 14.9 Å². The third kappa shape index (κ3) is 4.55. The Morgan fingerprint density at radius 3 is 2.21 bits per heavy atom. The second-order valence-electron chi connectivity index (χ2n) is 6.97. The van der Waals surface area contributed by atoms with Gasteiger partial charge in [-0.2, -0.15) is 0 Å². The van der Waals surface area contributed by atoms with Gasteiger partial charge in [-0.05, 0) is 22.8 Å². The van der Waals surface area contributed by atoms with E-state index in [2.05, 4.69) is 34.2 Å². The highest BCUT2D eigenvalue weighted by atomic mass is 16.5. The summed E-state index contributed by atoms with van der Waals surface area (Å²) in [5.74, 6) is 0.168. The largest absolute Gasteiger partial charge is 0.460 e. The number of hydrogen-bond acceptors (Lipinski definition) is 4. The summed E-state index contributed by atoms with van der Waals surface area (Å²) >= 11 is 0. The highest BCUT2D eigenvalue weighted by molar-refractivity contribution is 5.79. The Bertz CT molecular complexity index is 890. The van der Waals surface area contributed by atoms with Crippen LogP contribution < -0.4 is 4.74 Å². The van der Waals surface area contributed by atoms with E-state index in [-0.39, 0.29) is 12.0 Å². The molecule has 5 heteroatoms. The number of aromatic nitrogens is 2. The van der Waals surface area contributed by atoms with Crippen LogP contribution in [0, 0.1) is 0 Å². The van der Waals surface area contributed by atoms with Crippen molar-refractivity contribution < 1.29 is 9.53 Å². The Balaban J connectivity index is 1.29. The average molecular weight is 373 g/mol. The quantitative estimate of drug-likeness (QED) is 0.683. The number of piperidine rings is 1. The third-order valence-electron chi connectivity index (χ3n) is 5.03. The predicted octanol–water partition coefficient (Wildman–Crippen LogP) is 3.76. The lowest BCUT2D eigenvalue weighted by Crippen LogP contribution is -2.42. The molecule has 1 aromatic heterocycles. The van der Waals surface area contributed by atoms with Crippen molar-refractivity contribution in [3.05, 3.63) is 78.6 Å². The highest BCUT2D eigenvalue weighted by Gasteiger charge is 2.24. The topological polar surface area (TPSA) is 55.3 Å². The summed E-state index contributed by atoms with van der Waals surface area (Å²) in [6, 6.07) is 20.7. The van der Waals surface area contributed by atoms with Crippen molar-refractivity contribution >= 4 is 5.91 Å². The first-order chi connectivity index (χ1) is 13.8. The van der Waals surface area contributed by atoms with Crippen molar-refractivity contribution in [2.24, 2.45) is 0 Å². The van der Waals surface area contributed by atoms with Gasteiger partial charge in [0.25, 0.3) is 0 Å². The van der Waals surface area contributed by atoms with Crippen LogP contribution in [0.4, 0.5) is 0 Å². The normalized spacial score (nSPS) is 14.6. The fraction of sp³-hybridized carbons (Fsp3) is 0.261. The van der Waals surface area contributed by atoms with E-state index in [0.29, 0.717) is 25.5 Å². The third-order valence-corrected chi connectivity index (χ3v) is 5.03. The molecule has 4 rings (SSSR count). The van der Waals surface area contributed by atoms with Crippen LogP contribution in [0.15, 0.2) is 73.1 Å². The van der Waals surface area contributed by atoms with Gasteiger partial charge < -0.3 is 9.64 Å². The molecule has 0 atom stereocenters. The van der Waals surface area contributed by atoms with Crippen LogP contribution in [0.2, 0.25) is 0 Å². The average Bonchev–Trinajstić information content (AvgIpc) is 2.76. The van der Waals surface area contributed by atoms with Crippen LogP contribution in [0.25, 0.3) is 11.1 Å². The van der Waals surface area contributed by atoms with Gasteiger partial charge in [-0.1, -0.05) is 54.6 Å². The minimum Gasteiger partial charge on any atom is -0.460 e. The van der Waals surface area contributed by atoms with E-state index in [4.69, 9.17) is 4.74 Å². The monoisotopic (exact) mass is 373 g/mol. The lowest BCUT2D eigenvalue weighted by molar-refractivity contribution is -0.132. The number of hydrogen-bond donors (Lipinski definition) is 0. The van der Waals surface area contributed by atoms with Crippen LogP contribution in [-0.4, -0.2) is 40.0 Å². The van der Waals surface area contributed by atoms with E-state index in [1.165, 1.54) is 5.56 Å². The number of amides is 1. The molecule has 0 aliphatic carbocycles. The second kappa shape index (κ2) is 8.65. The maximum Gasteiger partial charge on any atom is 0.316 e. The summed E-state index contributed by atoms with van der Waals surface area (Å²) in [5.41, 5.74) is 3.39. The number of carbonyl (C=O) groups is 1. The Morgan fingerprint density at radius 2 is 1.54 bits per heavy atom. The lowest BCUT2D eigenvalue weighted by Gasteiger charge is -2.31. The molecule has 0 radical (unpaired) electrons. The fourth-order valence-electron chi connectivity index (χ4n) is 3.45. The van der Waals surface area contributed by atoms with Crippen molar-refractivity contribution in [1.29, 1.82) is 0 Å². The van der Waals surface area contributed by atoms with Crippen molar-refractivity contribution in [2.45, 2.75) is 25.4 Å². The Morgan fingerprint density at radius 1 is 0.893 bits per heavy atom. The van der Waals surface area contributed by atoms with Gasteiger partial charge in [0.2, 0.25) is 5.91 Å². The molecular formula is C23H23N3O2. The highest BCUT2D eigenvalue weighted by Crippen LogP contribution is 2.20. The maximum atomic E-state index is 12.6. The minimum atomic E-state index is 0.0663. The van der Waals surface area contributed by atoms with Crippen LogP contribution >= 0.6 is 0 Å². The van der Waals surface area contributed by atoms with Crippen molar-refractivity contribution in [3.8, 4) is 17.1 Å². The first-order valence-electron chi connectivity index (χ1n) is 9.64. The number of benzene rings is 2. The van der Waals surface area contributed by atoms with E-state index >= 15 is 0 Å². The molecule has 0 saturated carbocycles. The van der Waals surface area contributed by atoms with Crippen LogP contribution in [0.1, 0.15) is 18.4 Å². The maximum absolute atomic E-state index is 12.6. The van der Waals surface area contributed by atoms with Crippen molar-refractivity contribution in [3.63, 3.8) is 0 Å². The van der Waals surface area contributed by atoms with Gasteiger partial charge in [-0.25, -0.2) is 9.97 Å². The molecule has 1 saturated heterocycles. The molecule has 2 aromatic carbocycles. The molecular weight excluding hydrogens is 350 g/mol. The molecule has 1 aliphatic rings. The molecule has 0 N–H and O–H groups in total. The minimum absolute atomic E-state index is 0.0663. The SMILES string of the molecule is O=C(Cc1ccc(-c2ccccc2)cc1)N1CCC(Oc2ncccn2)CC1. The molecule has 142 valence electrons. The van der Waals surface area contributed by atoms with Gasteiger partial charge in [0.05, 0.1) is 6.42 Å². The summed E-state index contributed by atoms with van der Waals surface area (Å²) in [6.07, 6.45) is 5.45. The number of rotatable bonds is 5. The van der Waals surface area contributed by atoms with Crippen LogP contribution in [-0.2, 0) is 11.2 Å². The summed E-state index contributed by atoms with van der Waals surface area (Å²) in [7, 11) is 0. The van der Waals surface area contributed by atoms with Gasteiger partial charge in [0.1, 0.15) is 6.10 Å². The number of likely N-dealkylation sites (tertiary alicyclic amines) is 1. The summed E-state index contributed by atoms with van der Waals surface area (Å²) in [6.45, 7) is 1.41. The zero-order valence-corrected chi connectivity index (χ0v) is 15.7. The molecule has 0 bridgehead atoms. The number of ether oxygens (including phenoxy) is 1. The molecule has 2 heterocycles. The smallest absolute Gasteiger partial charge is 0.316 e. The molecule has 0 spiro atoms. The fourth-order valence-corrected chi connectivity index (χ4v) is 3.45. The molecule has 1 amide bonds. The van der Waals surface area contributed by atoms with Crippen LogP contribution in [0.3, 0.4) is 0 Å². The zero-order chi connectivity index (χ0) is 19.2. The van der Waals surface area contributed by atoms with E-state index in [1.54, 1.807) is 18.5 Å². The molecule has 5 nitrogen and oxygen atoms in total. The van der Waals surface area contributed by atoms with Gasteiger partial charge in [-0.3, -0.25) is 4.79 Å². The Kier molecular flexibility index (Phi) is 5.61. The lowest BCUT2D eigenvalue weighted by atomic mass is 10.0. The summed E-state index contributed by atoms with van der Waals surface area (Å²) in [4.78, 5) is 22.8. The molecule has 1 aliphatic heterocycles. The van der Waals surface area contributed by atoms with Crippen molar-refractivity contribution in [2.75, 3.05) is 13.1 Å². The molecule has 0 unspecified atom stereocenters. The molecule has 1 fully saturated rings. The predicted molar refractivity (Wildman–Crippen MR) is 108 cm³/mol. The van der Waals surface area contributed by atoms with Gasteiger partial charge in [0, 0.05) is 38.3 Å². The molecule has 3 aromatic rings. The Hall–Kier alpha value is -3.21. The zero-order valence-electron chi connectivity index (χ0n) is 15.7. The summed E-state index contributed by atoms with van der Waals surface area (Å²) < 4.78 is 5.80. The van der Waals surface area contributed by atoms with Gasteiger partial charge in [0.15, 0.2) is 0 Å². The van der Waals surface area contributed by atoms with E-state index in [1.807, 2.05) is 35.2 Å². The first-order valence-corrected chi connectivity index (χ1v) is 9.64. The molecule has 28 heavy (non-hydrogen) atoms. The second-order valence-corrected chi connectivity index (χ2v) is 6.97. The van der Waals surface area contributed by atoms with E-state index < -0.39 is 0 Å². The number of nitrogens with zero attached hydrogens (tertiary/aromatic N) is 3. The van der Waals surface area contributed by atoms with E-state index in [0.717, 1.165) is 24.0 Å². The van der Waals surface area contributed by atoms with E-state index in [9.17, 15) is 4.79 Å². The van der Waals surface area contributed by atoms with Gasteiger partial charge in [-0.15, -0.1) is 0 Å². The van der Waals surface area contributed by atoms with Crippen LogP contribution in [0.5, 0.6) is 6.01 Å². The number of carbonyl (C=O) groups excluding carboxylic acids is 1. The van der Waals surface area contributed by atoms with Gasteiger partial charge >= 0.3 is 6.01 Å². The Labute approximate surface area is 165 Å². The standard InChI is InChI=1S/C23H23N3O2/c27-22(17-18-7-9-20(10-8-18)19-5-2-1-3-6-19)26-15-11-21(12-16-26)28-23-24-13-4-14-25-23/h1-10,13-14,21H,11-12,15-17H2. The first kappa shape index (κ1) is 18.2. The summed E-state index contributed by atoms with van der Waals surface area (Å²) in [5, 5.41) is 0.